The van der Waals surface area contributed by atoms with E-state index in [4.69, 9.17) is 0 Å². The molecule has 2 aromatic rings. The molecule has 0 aliphatic rings. The third kappa shape index (κ3) is 2.65. The molecule has 6 heteroatoms. The van der Waals surface area contributed by atoms with Gasteiger partial charge in [0.1, 0.15) is 0 Å². The zero-order valence-electron chi connectivity index (χ0n) is 7.35. The van der Waals surface area contributed by atoms with E-state index in [0.717, 1.165) is 14.3 Å². The third-order valence-electron chi connectivity index (χ3n) is 1.73. The molecule has 0 unspecified atom stereocenters. The van der Waals surface area contributed by atoms with Gasteiger partial charge in [-0.25, -0.2) is 0 Å². The van der Waals surface area contributed by atoms with Crippen molar-refractivity contribution >= 4 is 55.4 Å². The Labute approximate surface area is 113 Å². The fraction of sp³-hybridized carbons (Fsp3) is 0. The van der Waals surface area contributed by atoms with Crippen LogP contribution in [0.25, 0.3) is 10.6 Å². The van der Waals surface area contributed by atoms with Gasteiger partial charge in [0.2, 0.25) is 0 Å². The van der Waals surface area contributed by atoms with Gasteiger partial charge in [0.25, 0.3) is 0 Å². The Balaban J connectivity index is 2.41. The van der Waals surface area contributed by atoms with E-state index in [-0.39, 0.29) is 4.57 Å². The van der Waals surface area contributed by atoms with E-state index < -0.39 is 0 Å². The van der Waals surface area contributed by atoms with Crippen molar-refractivity contribution in [3.63, 3.8) is 0 Å². The van der Waals surface area contributed by atoms with Crippen LogP contribution in [0.3, 0.4) is 0 Å². The van der Waals surface area contributed by atoms with Gasteiger partial charge < -0.3 is 0 Å². The van der Waals surface area contributed by atoms with Crippen LogP contribution in [0, 0.1) is 3.70 Å². The number of nitrogens with zero attached hydrogens (tertiary/aromatic N) is 2. The first-order valence-corrected chi connectivity index (χ1v) is 6.86. The van der Waals surface area contributed by atoms with Gasteiger partial charge >= 0.3 is 114 Å². The van der Waals surface area contributed by atoms with Crippen molar-refractivity contribution in [2.45, 2.75) is 0 Å². The summed E-state index contributed by atoms with van der Waals surface area (Å²) < 4.78 is 0.917. The van der Waals surface area contributed by atoms with Crippen LogP contribution in [-0.4, -0.2) is 31.4 Å². The van der Waals surface area contributed by atoms with E-state index in [0.29, 0.717) is 5.56 Å². The van der Waals surface area contributed by atoms with Crippen molar-refractivity contribution < 1.29 is 4.79 Å². The number of aromatic nitrogens is 2. The molecule has 0 fully saturated rings. The molecule has 74 valence electrons. The average Bonchev–Trinajstić information content (AvgIpc) is 2.66. The molecule has 15 heavy (non-hydrogen) atoms. The molecule has 2 heterocycles. The first-order chi connectivity index (χ1) is 7.16. The van der Waals surface area contributed by atoms with Gasteiger partial charge in [0, 0.05) is 0 Å². The minimum absolute atomic E-state index is 0.0220. The van der Waals surface area contributed by atoms with Crippen LogP contribution in [0.15, 0.2) is 23.8 Å². The van der Waals surface area contributed by atoms with Gasteiger partial charge in [-0.3, -0.25) is 0 Å². The molecule has 0 atom stereocenters. The Morgan fingerprint density at radius 3 is 2.80 bits per heavy atom. The van der Waals surface area contributed by atoms with Crippen molar-refractivity contribution in [1.82, 2.24) is 9.97 Å². The SMILES string of the molecule is O=C([As])c1csc(-c2cc(I)ncn2)c1. The standard InChI is InChI=1S/C9H4AsIN2OS/c10-9(14)5-1-7(15-3-5)6-2-8(11)13-4-12-6/h1-4H. The molecule has 0 aliphatic heterocycles. The van der Waals surface area contributed by atoms with Crippen molar-refractivity contribution in [2.24, 2.45) is 0 Å². The Hall–Kier alpha value is -0.262. The third-order valence-corrected chi connectivity index (χ3v) is 3.82. The van der Waals surface area contributed by atoms with E-state index in [9.17, 15) is 4.79 Å². The van der Waals surface area contributed by atoms with Crippen LogP contribution < -0.4 is 0 Å². The zero-order valence-corrected chi connectivity index (χ0v) is 12.2. The second-order valence-corrected chi connectivity index (χ2v) is 5.60. The van der Waals surface area contributed by atoms with E-state index >= 15 is 0 Å². The maximum absolute atomic E-state index is 11.1. The molecule has 0 aromatic carbocycles. The number of rotatable bonds is 2. The molecule has 0 spiro atoms. The van der Waals surface area contributed by atoms with Crippen molar-refractivity contribution in [3.05, 3.63) is 33.1 Å². The number of halogens is 1. The van der Waals surface area contributed by atoms with Gasteiger partial charge in [-0.1, -0.05) is 0 Å². The summed E-state index contributed by atoms with van der Waals surface area (Å²) in [5.74, 6) is 0. The van der Waals surface area contributed by atoms with Gasteiger partial charge in [-0.15, -0.1) is 0 Å². The Bertz CT molecular complexity index is 514. The van der Waals surface area contributed by atoms with E-state index in [1.165, 1.54) is 17.7 Å². The minimum atomic E-state index is 0.0220. The van der Waals surface area contributed by atoms with Crippen molar-refractivity contribution in [3.8, 4) is 10.6 Å². The van der Waals surface area contributed by atoms with Gasteiger partial charge in [-0.2, -0.15) is 0 Å². The molecule has 0 bridgehead atoms. The number of carbonyl (C=O) groups excluding carboxylic acids is 1. The van der Waals surface area contributed by atoms with Crippen LogP contribution in [0.1, 0.15) is 10.4 Å². The molecular formula is C9H4AsIN2OS. The van der Waals surface area contributed by atoms with Crippen LogP contribution >= 0.6 is 33.9 Å². The molecule has 3 nitrogen and oxygen atoms in total. The molecule has 0 amide bonds. The summed E-state index contributed by atoms with van der Waals surface area (Å²) in [6.07, 6.45) is 1.53. The molecule has 2 aromatic heterocycles. The number of carbonyl (C=O) groups is 1. The van der Waals surface area contributed by atoms with E-state index in [2.05, 4.69) is 32.6 Å². The summed E-state index contributed by atoms with van der Waals surface area (Å²) in [5.41, 5.74) is 1.57. The summed E-state index contributed by atoms with van der Waals surface area (Å²) in [5, 5.41) is 1.84. The molecular weight excluding hydrogens is 386 g/mol. The van der Waals surface area contributed by atoms with Crippen molar-refractivity contribution in [2.75, 3.05) is 0 Å². The topological polar surface area (TPSA) is 42.9 Å². The normalized spacial score (nSPS) is 10.3. The fourth-order valence-corrected chi connectivity index (χ4v) is 2.79. The predicted molar refractivity (Wildman–Crippen MR) is 68.1 cm³/mol. The summed E-state index contributed by atoms with van der Waals surface area (Å²) in [4.78, 5) is 20.3. The maximum atomic E-state index is 11.1. The summed E-state index contributed by atoms with van der Waals surface area (Å²) in [6, 6.07) is 3.74. The number of thiophene rings is 1. The predicted octanol–water partition coefficient (Wildman–Crippen LogP) is 2.12. The molecule has 0 aliphatic carbocycles. The molecule has 2 radical (unpaired) electrons. The number of hydrogen-bond donors (Lipinski definition) is 0. The summed E-state index contributed by atoms with van der Waals surface area (Å²) in [6.45, 7) is 0. The molecule has 2 rings (SSSR count). The Morgan fingerprint density at radius 1 is 1.40 bits per heavy atom. The Morgan fingerprint density at radius 2 is 2.20 bits per heavy atom. The number of hydrogen-bond acceptors (Lipinski definition) is 4. The molecule has 0 saturated heterocycles. The van der Waals surface area contributed by atoms with Crippen LogP contribution in [0.4, 0.5) is 0 Å². The molecule has 0 N–H and O–H groups in total. The Kier molecular flexibility index (Phi) is 3.53. The average molecular weight is 390 g/mol. The van der Waals surface area contributed by atoms with Gasteiger partial charge in [0.15, 0.2) is 0 Å². The van der Waals surface area contributed by atoms with Crippen LogP contribution in [0.2, 0.25) is 0 Å². The van der Waals surface area contributed by atoms with Gasteiger partial charge in [0.05, 0.1) is 0 Å². The first kappa shape index (κ1) is 11.2. The van der Waals surface area contributed by atoms with Crippen LogP contribution in [0.5, 0.6) is 0 Å². The van der Waals surface area contributed by atoms with E-state index in [1.54, 1.807) is 0 Å². The van der Waals surface area contributed by atoms with E-state index in [1.807, 2.05) is 34.4 Å². The zero-order chi connectivity index (χ0) is 10.8. The van der Waals surface area contributed by atoms with Gasteiger partial charge in [-0.05, 0) is 0 Å². The van der Waals surface area contributed by atoms with Crippen molar-refractivity contribution in [1.29, 1.82) is 0 Å². The summed E-state index contributed by atoms with van der Waals surface area (Å²) in [7, 11) is 0. The fourth-order valence-electron chi connectivity index (χ4n) is 1.05. The molecule has 0 saturated carbocycles. The quantitative estimate of drug-likeness (QED) is 0.449. The monoisotopic (exact) mass is 390 g/mol. The second-order valence-electron chi connectivity index (χ2n) is 2.73. The second kappa shape index (κ2) is 4.72. The van der Waals surface area contributed by atoms with Crippen LogP contribution in [-0.2, 0) is 0 Å². The summed E-state index contributed by atoms with van der Waals surface area (Å²) >= 11 is 5.67. The first-order valence-electron chi connectivity index (χ1n) is 3.96.